The SMILES string of the molecule is Cc1ccc(-c2ccccc2CN2CCN(C(=O)C3CCCC3)CC2)cc1Cl. The maximum absolute atomic E-state index is 12.7. The van der Waals surface area contributed by atoms with Gasteiger partial charge < -0.3 is 4.90 Å². The van der Waals surface area contributed by atoms with Crippen molar-refractivity contribution in [2.75, 3.05) is 26.2 Å². The first-order valence-corrected chi connectivity index (χ1v) is 10.8. The zero-order valence-corrected chi connectivity index (χ0v) is 17.4. The van der Waals surface area contributed by atoms with Gasteiger partial charge >= 0.3 is 0 Å². The second-order valence-electron chi connectivity index (χ2n) is 8.20. The van der Waals surface area contributed by atoms with Gasteiger partial charge in [-0.05, 0) is 48.1 Å². The third-order valence-corrected chi connectivity index (χ3v) is 6.69. The molecular formula is C24H29ClN2O. The lowest BCUT2D eigenvalue weighted by Crippen LogP contribution is -2.49. The van der Waals surface area contributed by atoms with Gasteiger partial charge in [-0.2, -0.15) is 0 Å². The van der Waals surface area contributed by atoms with E-state index in [1.54, 1.807) is 0 Å². The fraction of sp³-hybridized carbons (Fsp3) is 0.458. The van der Waals surface area contributed by atoms with Crippen LogP contribution in [0.3, 0.4) is 0 Å². The van der Waals surface area contributed by atoms with Crippen LogP contribution in [0.5, 0.6) is 0 Å². The molecule has 28 heavy (non-hydrogen) atoms. The van der Waals surface area contributed by atoms with Crippen molar-refractivity contribution < 1.29 is 4.79 Å². The summed E-state index contributed by atoms with van der Waals surface area (Å²) >= 11 is 6.36. The van der Waals surface area contributed by atoms with Crippen molar-refractivity contribution in [1.82, 2.24) is 9.80 Å². The van der Waals surface area contributed by atoms with Gasteiger partial charge in [-0.3, -0.25) is 9.69 Å². The molecule has 0 aromatic heterocycles. The third-order valence-electron chi connectivity index (χ3n) is 6.28. The number of piperazine rings is 1. The standard InChI is InChI=1S/C24H29ClN2O/c1-18-10-11-20(16-23(18)25)22-9-5-4-8-21(22)17-26-12-14-27(15-13-26)24(28)19-6-2-3-7-19/h4-5,8-11,16,19H,2-3,6-7,12-15,17H2,1H3. The summed E-state index contributed by atoms with van der Waals surface area (Å²) in [5.41, 5.74) is 4.83. The molecule has 2 aliphatic rings. The van der Waals surface area contributed by atoms with Crippen LogP contribution < -0.4 is 0 Å². The van der Waals surface area contributed by atoms with Gasteiger partial charge in [0.1, 0.15) is 0 Å². The Kier molecular flexibility index (Phi) is 6.03. The Bertz CT molecular complexity index is 836. The summed E-state index contributed by atoms with van der Waals surface area (Å²) in [6, 6.07) is 14.9. The molecule has 2 fully saturated rings. The van der Waals surface area contributed by atoms with E-state index >= 15 is 0 Å². The summed E-state index contributed by atoms with van der Waals surface area (Å²) in [6.45, 7) is 6.54. The van der Waals surface area contributed by atoms with Gasteiger partial charge in [-0.25, -0.2) is 0 Å². The van der Waals surface area contributed by atoms with Crippen LogP contribution in [0, 0.1) is 12.8 Å². The monoisotopic (exact) mass is 396 g/mol. The van der Waals surface area contributed by atoms with Crippen LogP contribution in [0.1, 0.15) is 36.8 Å². The topological polar surface area (TPSA) is 23.6 Å². The van der Waals surface area contributed by atoms with Gasteiger partial charge in [0.25, 0.3) is 0 Å². The zero-order chi connectivity index (χ0) is 19.5. The molecule has 0 bridgehead atoms. The summed E-state index contributed by atoms with van der Waals surface area (Å²) < 4.78 is 0. The number of hydrogen-bond donors (Lipinski definition) is 0. The number of hydrogen-bond acceptors (Lipinski definition) is 2. The van der Waals surface area contributed by atoms with Gasteiger partial charge in [-0.15, -0.1) is 0 Å². The molecule has 0 spiro atoms. The molecule has 4 heteroatoms. The lowest BCUT2D eigenvalue weighted by atomic mass is 9.98. The minimum atomic E-state index is 0.290. The first-order chi connectivity index (χ1) is 13.6. The molecule has 1 aliphatic heterocycles. The van der Waals surface area contributed by atoms with Gasteiger partial charge in [0.2, 0.25) is 5.91 Å². The van der Waals surface area contributed by atoms with E-state index in [4.69, 9.17) is 11.6 Å². The van der Waals surface area contributed by atoms with Gasteiger partial charge in [0.05, 0.1) is 0 Å². The van der Waals surface area contributed by atoms with Crippen molar-refractivity contribution in [1.29, 1.82) is 0 Å². The Labute approximate surface area is 173 Å². The summed E-state index contributed by atoms with van der Waals surface area (Å²) in [5, 5.41) is 0.811. The number of nitrogens with zero attached hydrogens (tertiary/aromatic N) is 2. The summed E-state index contributed by atoms with van der Waals surface area (Å²) in [6.07, 6.45) is 4.61. The van der Waals surface area contributed by atoms with Crippen LogP contribution in [0.15, 0.2) is 42.5 Å². The summed E-state index contributed by atoms with van der Waals surface area (Å²) in [5.74, 6) is 0.686. The number of aryl methyl sites for hydroxylation is 1. The first-order valence-electron chi connectivity index (χ1n) is 10.5. The van der Waals surface area contributed by atoms with Crippen LogP contribution >= 0.6 is 11.6 Å². The minimum Gasteiger partial charge on any atom is -0.340 e. The Morgan fingerprint density at radius 1 is 1.04 bits per heavy atom. The number of benzene rings is 2. The van der Waals surface area contributed by atoms with Crippen LogP contribution in [-0.2, 0) is 11.3 Å². The largest absolute Gasteiger partial charge is 0.340 e. The van der Waals surface area contributed by atoms with Crippen molar-refractivity contribution >= 4 is 17.5 Å². The maximum atomic E-state index is 12.7. The second kappa shape index (κ2) is 8.67. The Balaban J connectivity index is 1.41. The average Bonchev–Trinajstić information content (AvgIpc) is 3.25. The quantitative estimate of drug-likeness (QED) is 0.713. The third kappa shape index (κ3) is 4.26. The number of rotatable bonds is 4. The highest BCUT2D eigenvalue weighted by atomic mass is 35.5. The molecule has 0 radical (unpaired) electrons. The lowest BCUT2D eigenvalue weighted by Gasteiger charge is -2.36. The van der Waals surface area contributed by atoms with Crippen LogP contribution in [0.2, 0.25) is 5.02 Å². The number of carbonyl (C=O) groups excluding carboxylic acids is 1. The molecule has 3 nitrogen and oxygen atoms in total. The van der Waals surface area contributed by atoms with Crippen LogP contribution in [-0.4, -0.2) is 41.9 Å². The molecule has 0 N–H and O–H groups in total. The van der Waals surface area contributed by atoms with Crippen molar-refractivity contribution in [2.45, 2.75) is 39.2 Å². The van der Waals surface area contributed by atoms with E-state index in [9.17, 15) is 4.79 Å². The van der Waals surface area contributed by atoms with Gasteiger partial charge in [0, 0.05) is 43.7 Å². The Morgan fingerprint density at radius 2 is 1.75 bits per heavy atom. The second-order valence-corrected chi connectivity index (χ2v) is 8.61. The Morgan fingerprint density at radius 3 is 2.46 bits per heavy atom. The average molecular weight is 397 g/mol. The van der Waals surface area contributed by atoms with Crippen molar-refractivity contribution in [3.63, 3.8) is 0 Å². The highest BCUT2D eigenvalue weighted by molar-refractivity contribution is 6.31. The smallest absolute Gasteiger partial charge is 0.225 e. The number of halogens is 1. The minimum absolute atomic E-state index is 0.290. The fourth-order valence-corrected chi connectivity index (χ4v) is 4.68. The normalized spacial score (nSPS) is 18.6. The van der Waals surface area contributed by atoms with E-state index in [1.807, 2.05) is 6.92 Å². The predicted molar refractivity (Wildman–Crippen MR) is 115 cm³/mol. The molecular weight excluding hydrogens is 368 g/mol. The maximum Gasteiger partial charge on any atom is 0.225 e. The number of amides is 1. The van der Waals surface area contributed by atoms with Gasteiger partial charge in [-0.1, -0.05) is 60.8 Å². The van der Waals surface area contributed by atoms with E-state index in [0.717, 1.165) is 56.2 Å². The van der Waals surface area contributed by atoms with Crippen LogP contribution in [0.25, 0.3) is 11.1 Å². The highest BCUT2D eigenvalue weighted by Crippen LogP contribution is 2.30. The first kappa shape index (κ1) is 19.5. The van der Waals surface area contributed by atoms with Crippen molar-refractivity contribution in [2.24, 2.45) is 5.92 Å². The molecule has 1 heterocycles. The number of carbonyl (C=O) groups is 1. The van der Waals surface area contributed by atoms with E-state index in [0.29, 0.717) is 11.8 Å². The van der Waals surface area contributed by atoms with E-state index in [-0.39, 0.29) is 0 Å². The molecule has 2 aromatic carbocycles. The molecule has 1 aliphatic carbocycles. The van der Waals surface area contributed by atoms with Gasteiger partial charge in [0.15, 0.2) is 0 Å². The molecule has 148 valence electrons. The lowest BCUT2D eigenvalue weighted by molar-refractivity contribution is -0.137. The Hall–Kier alpha value is -1.84. The molecule has 0 unspecified atom stereocenters. The highest BCUT2D eigenvalue weighted by Gasteiger charge is 2.29. The van der Waals surface area contributed by atoms with Crippen molar-refractivity contribution in [3.05, 3.63) is 58.6 Å². The molecule has 1 saturated carbocycles. The summed E-state index contributed by atoms with van der Waals surface area (Å²) in [4.78, 5) is 17.2. The molecule has 1 saturated heterocycles. The van der Waals surface area contributed by atoms with Crippen molar-refractivity contribution in [3.8, 4) is 11.1 Å². The van der Waals surface area contributed by atoms with E-state index in [1.165, 1.54) is 29.5 Å². The fourth-order valence-electron chi connectivity index (χ4n) is 4.50. The molecule has 2 aromatic rings. The molecule has 4 rings (SSSR count). The molecule has 0 atom stereocenters. The van der Waals surface area contributed by atoms with E-state index < -0.39 is 0 Å². The zero-order valence-electron chi connectivity index (χ0n) is 16.7. The molecule has 1 amide bonds. The summed E-state index contributed by atoms with van der Waals surface area (Å²) in [7, 11) is 0. The predicted octanol–water partition coefficient (Wildman–Crippen LogP) is 5.15. The van der Waals surface area contributed by atoms with E-state index in [2.05, 4.69) is 52.3 Å². The van der Waals surface area contributed by atoms with Crippen LogP contribution in [0.4, 0.5) is 0 Å².